The molecule has 2 amide bonds. The van der Waals surface area contributed by atoms with Gasteiger partial charge in [-0.2, -0.15) is 0 Å². The third-order valence-electron chi connectivity index (χ3n) is 3.23. The Morgan fingerprint density at radius 3 is 2.50 bits per heavy atom. The Morgan fingerprint density at radius 2 is 2.06 bits per heavy atom. The smallest absolute Gasteiger partial charge is 0.326 e. The minimum absolute atomic E-state index is 0.0827. The summed E-state index contributed by atoms with van der Waals surface area (Å²) >= 11 is 0. The lowest BCUT2D eigenvalue weighted by Crippen LogP contribution is -2.54. The second kappa shape index (κ2) is 5.56. The molecule has 0 bridgehead atoms. The molecule has 0 aromatic heterocycles. The molecule has 6 nitrogen and oxygen atoms in total. The lowest BCUT2D eigenvalue weighted by Gasteiger charge is -2.31. The number of amides is 2. The van der Waals surface area contributed by atoms with Crippen molar-refractivity contribution in [1.82, 2.24) is 10.2 Å². The number of nitrogens with zero attached hydrogens (tertiary/aromatic N) is 1. The van der Waals surface area contributed by atoms with Gasteiger partial charge >= 0.3 is 12.0 Å². The van der Waals surface area contributed by atoms with Crippen LogP contribution in [0.5, 0.6) is 0 Å². The van der Waals surface area contributed by atoms with Crippen molar-refractivity contribution in [3.8, 4) is 0 Å². The Morgan fingerprint density at radius 1 is 1.44 bits per heavy atom. The van der Waals surface area contributed by atoms with E-state index < -0.39 is 23.5 Å². The fourth-order valence-corrected chi connectivity index (χ4v) is 2.15. The molecule has 6 heteroatoms. The highest BCUT2D eigenvalue weighted by molar-refractivity contribution is 5.83. The van der Waals surface area contributed by atoms with Gasteiger partial charge in [0, 0.05) is 6.54 Å². The summed E-state index contributed by atoms with van der Waals surface area (Å²) in [5.74, 6) is -1.05. The zero-order valence-corrected chi connectivity index (χ0v) is 11.1. The molecule has 1 aliphatic rings. The number of aliphatic carboxylic acids is 1. The van der Waals surface area contributed by atoms with Gasteiger partial charge in [-0.05, 0) is 18.3 Å². The van der Waals surface area contributed by atoms with Crippen LogP contribution in [-0.4, -0.2) is 52.3 Å². The third kappa shape index (κ3) is 3.35. The summed E-state index contributed by atoms with van der Waals surface area (Å²) in [7, 11) is 0. The van der Waals surface area contributed by atoms with E-state index in [2.05, 4.69) is 5.32 Å². The fourth-order valence-electron chi connectivity index (χ4n) is 2.15. The summed E-state index contributed by atoms with van der Waals surface area (Å²) in [5.41, 5.74) is -0.560. The monoisotopic (exact) mass is 258 g/mol. The first-order valence-corrected chi connectivity index (χ1v) is 6.18. The summed E-state index contributed by atoms with van der Waals surface area (Å²) in [5, 5.41) is 20.8. The molecule has 1 saturated heterocycles. The van der Waals surface area contributed by atoms with Crippen LogP contribution in [0.15, 0.2) is 0 Å². The molecule has 1 aliphatic heterocycles. The zero-order valence-electron chi connectivity index (χ0n) is 11.1. The number of likely N-dealkylation sites (tertiary alicyclic amines) is 1. The van der Waals surface area contributed by atoms with E-state index >= 15 is 0 Å². The Hall–Kier alpha value is -1.30. The number of hydrogen-bond donors (Lipinski definition) is 3. The van der Waals surface area contributed by atoms with Gasteiger partial charge in [0.15, 0.2) is 0 Å². The molecule has 1 rings (SSSR count). The van der Waals surface area contributed by atoms with Gasteiger partial charge in [-0.1, -0.05) is 20.8 Å². The van der Waals surface area contributed by atoms with Crippen molar-refractivity contribution in [2.75, 3.05) is 13.2 Å². The van der Waals surface area contributed by atoms with Crippen LogP contribution in [0.4, 0.5) is 4.79 Å². The lowest BCUT2D eigenvalue weighted by atomic mass is 9.87. The van der Waals surface area contributed by atoms with E-state index in [1.807, 2.05) is 0 Å². The number of carbonyl (C=O) groups excluding carboxylic acids is 1. The van der Waals surface area contributed by atoms with Crippen LogP contribution in [-0.2, 0) is 4.79 Å². The van der Waals surface area contributed by atoms with Crippen molar-refractivity contribution in [1.29, 1.82) is 0 Å². The SMILES string of the molecule is CC(C)(C)C(NC(=O)N1CCCC1CO)C(=O)O. The number of carboxylic acid groups (broad SMARTS) is 1. The standard InChI is InChI=1S/C12H22N2O4/c1-12(2,3)9(10(16)17)13-11(18)14-6-4-5-8(14)7-15/h8-9,15H,4-7H2,1-3H3,(H,13,18)(H,16,17). The lowest BCUT2D eigenvalue weighted by molar-refractivity contribution is -0.142. The molecule has 0 aromatic carbocycles. The predicted octanol–water partition coefficient (Wildman–Crippen LogP) is 0.652. The van der Waals surface area contributed by atoms with Crippen molar-refractivity contribution in [3.05, 3.63) is 0 Å². The Labute approximate surface area is 107 Å². The molecule has 0 aromatic rings. The Bertz CT molecular complexity index is 325. The zero-order chi connectivity index (χ0) is 13.9. The maximum Gasteiger partial charge on any atom is 0.326 e. The number of aliphatic hydroxyl groups excluding tert-OH is 1. The molecule has 0 radical (unpaired) electrons. The molecule has 3 N–H and O–H groups in total. The second-order valence-electron chi connectivity index (χ2n) is 5.76. The van der Waals surface area contributed by atoms with Crippen LogP contribution < -0.4 is 5.32 Å². The normalized spacial score (nSPS) is 21.8. The molecule has 104 valence electrons. The molecule has 2 atom stereocenters. The number of carbonyl (C=O) groups is 2. The van der Waals surface area contributed by atoms with Gasteiger partial charge in [-0.3, -0.25) is 0 Å². The number of hydrogen-bond acceptors (Lipinski definition) is 3. The van der Waals surface area contributed by atoms with E-state index in [4.69, 9.17) is 10.2 Å². The highest BCUT2D eigenvalue weighted by atomic mass is 16.4. The fraction of sp³-hybridized carbons (Fsp3) is 0.833. The van der Waals surface area contributed by atoms with E-state index in [0.717, 1.165) is 12.8 Å². The number of nitrogens with one attached hydrogen (secondary N) is 1. The Balaban J connectivity index is 2.70. The maximum atomic E-state index is 12.0. The van der Waals surface area contributed by atoms with Crippen LogP contribution in [0.1, 0.15) is 33.6 Å². The molecule has 0 aliphatic carbocycles. The number of carboxylic acids is 1. The minimum Gasteiger partial charge on any atom is -0.480 e. The Kier molecular flexibility index (Phi) is 4.56. The van der Waals surface area contributed by atoms with Crippen molar-refractivity contribution in [2.45, 2.75) is 45.7 Å². The van der Waals surface area contributed by atoms with Crippen LogP contribution in [0.25, 0.3) is 0 Å². The largest absolute Gasteiger partial charge is 0.480 e. The topological polar surface area (TPSA) is 89.9 Å². The molecule has 2 unspecified atom stereocenters. The van der Waals surface area contributed by atoms with Gasteiger partial charge in [0.25, 0.3) is 0 Å². The van der Waals surface area contributed by atoms with Gasteiger partial charge in [-0.15, -0.1) is 0 Å². The van der Waals surface area contributed by atoms with Crippen LogP contribution >= 0.6 is 0 Å². The molecule has 0 spiro atoms. The minimum atomic E-state index is -1.05. The number of rotatable bonds is 3. The third-order valence-corrected chi connectivity index (χ3v) is 3.23. The molecular formula is C12H22N2O4. The van der Waals surface area contributed by atoms with E-state index in [1.54, 1.807) is 20.8 Å². The predicted molar refractivity (Wildman–Crippen MR) is 66.2 cm³/mol. The van der Waals surface area contributed by atoms with E-state index in [0.29, 0.717) is 6.54 Å². The van der Waals surface area contributed by atoms with Crippen LogP contribution in [0, 0.1) is 5.41 Å². The summed E-state index contributed by atoms with van der Waals surface area (Å²) < 4.78 is 0. The molecular weight excluding hydrogens is 236 g/mol. The van der Waals surface area contributed by atoms with Gasteiger partial charge in [0.1, 0.15) is 6.04 Å². The average molecular weight is 258 g/mol. The summed E-state index contributed by atoms with van der Waals surface area (Å²) in [6, 6.07) is -1.54. The number of aliphatic hydroxyl groups is 1. The van der Waals surface area contributed by atoms with E-state index in [9.17, 15) is 9.59 Å². The molecule has 1 heterocycles. The van der Waals surface area contributed by atoms with E-state index in [-0.39, 0.29) is 12.6 Å². The maximum absolute atomic E-state index is 12.0. The number of urea groups is 1. The van der Waals surface area contributed by atoms with Crippen molar-refractivity contribution >= 4 is 12.0 Å². The summed E-state index contributed by atoms with van der Waals surface area (Å²) in [6.07, 6.45) is 1.60. The second-order valence-corrected chi connectivity index (χ2v) is 5.76. The first kappa shape index (κ1) is 14.8. The molecule has 1 fully saturated rings. The highest BCUT2D eigenvalue weighted by Crippen LogP contribution is 2.21. The first-order chi connectivity index (χ1) is 8.27. The quantitative estimate of drug-likeness (QED) is 0.693. The average Bonchev–Trinajstić information content (AvgIpc) is 2.71. The van der Waals surface area contributed by atoms with Crippen molar-refractivity contribution < 1.29 is 19.8 Å². The van der Waals surface area contributed by atoms with Crippen LogP contribution in [0.2, 0.25) is 0 Å². The van der Waals surface area contributed by atoms with Gasteiger partial charge in [0.2, 0.25) is 0 Å². The first-order valence-electron chi connectivity index (χ1n) is 6.18. The van der Waals surface area contributed by atoms with Crippen molar-refractivity contribution in [2.24, 2.45) is 5.41 Å². The summed E-state index contributed by atoms with van der Waals surface area (Å²) in [4.78, 5) is 24.7. The highest BCUT2D eigenvalue weighted by Gasteiger charge is 2.36. The summed E-state index contributed by atoms with van der Waals surface area (Å²) in [6.45, 7) is 5.77. The van der Waals surface area contributed by atoms with E-state index in [1.165, 1.54) is 4.90 Å². The molecule has 18 heavy (non-hydrogen) atoms. The van der Waals surface area contributed by atoms with Gasteiger partial charge in [-0.25, -0.2) is 9.59 Å². The van der Waals surface area contributed by atoms with Crippen molar-refractivity contribution in [3.63, 3.8) is 0 Å². The van der Waals surface area contributed by atoms with Gasteiger partial charge in [0.05, 0.1) is 12.6 Å². The van der Waals surface area contributed by atoms with Gasteiger partial charge < -0.3 is 20.4 Å². The molecule has 0 saturated carbocycles. The van der Waals surface area contributed by atoms with Crippen LogP contribution in [0.3, 0.4) is 0 Å².